The second-order valence-corrected chi connectivity index (χ2v) is 6.62. The number of hydrogen-bond donors (Lipinski definition) is 1. The molecule has 3 rings (SSSR count). The first-order valence-electron chi connectivity index (χ1n) is 8.55. The molecule has 0 fully saturated rings. The van der Waals surface area contributed by atoms with Crippen LogP contribution in [0, 0.1) is 0 Å². The molecule has 1 aliphatic carbocycles. The van der Waals surface area contributed by atoms with Crippen LogP contribution in [0.2, 0.25) is 0 Å². The molecule has 2 nitrogen and oxygen atoms in total. The Kier molecular flexibility index (Phi) is 4.28. The van der Waals surface area contributed by atoms with Gasteiger partial charge in [-0.2, -0.15) is 0 Å². The Labute approximate surface area is 133 Å². The van der Waals surface area contributed by atoms with E-state index >= 15 is 0 Å². The maximum absolute atomic E-state index is 5.30. The number of methoxy groups -OCH3 is 1. The van der Waals surface area contributed by atoms with E-state index in [1.807, 2.05) is 0 Å². The molecule has 0 aliphatic heterocycles. The number of fused-ring (bicyclic) bond motifs is 1. The quantitative estimate of drug-likeness (QED) is 0.759. The van der Waals surface area contributed by atoms with E-state index in [0.29, 0.717) is 11.3 Å². The van der Waals surface area contributed by atoms with Crippen LogP contribution in [-0.4, -0.2) is 12.1 Å². The Morgan fingerprint density at radius 3 is 2.36 bits per heavy atom. The van der Waals surface area contributed by atoms with Crippen molar-refractivity contribution in [1.82, 2.24) is 4.98 Å². The van der Waals surface area contributed by atoms with E-state index in [-0.39, 0.29) is 0 Å². The highest BCUT2D eigenvalue weighted by molar-refractivity contribution is 5.45. The van der Waals surface area contributed by atoms with E-state index in [1.165, 1.54) is 43.4 Å². The van der Waals surface area contributed by atoms with E-state index in [4.69, 9.17) is 4.74 Å². The van der Waals surface area contributed by atoms with E-state index < -0.39 is 0 Å². The molecule has 1 heterocycles. The summed E-state index contributed by atoms with van der Waals surface area (Å²) in [7, 11) is 1.72. The lowest BCUT2D eigenvalue weighted by Gasteiger charge is -2.30. The third kappa shape index (κ3) is 2.45. The zero-order valence-electron chi connectivity index (χ0n) is 14.0. The topological polar surface area (TPSA) is 25.0 Å². The minimum Gasteiger partial charge on any atom is -0.497 e. The van der Waals surface area contributed by atoms with Crippen molar-refractivity contribution >= 4 is 0 Å². The first kappa shape index (κ1) is 15.2. The van der Waals surface area contributed by atoms with Crippen LogP contribution in [0.15, 0.2) is 36.5 Å². The molecule has 0 spiro atoms. The van der Waals surface area contributed by atoms with Gasteiger partial charge in [-0.15, -0.1) is 0 Å². The normalized spacial score (nSPS) is 19.1. The molecular weight excluding hydrogens is 270 g/mol. The average Bonchev–Trinajstić information content (AvgIpc) is 3.12. The molecular formula is C20H27NO. The summed E-state index contributed by atoms with van der Waals surface area (Å²) in [5, 5.41) is 0. The number of ether oxygens (including phenoxy) is 1. The van der Waals surface area contributed by atoms with Gasteiger partial charge in [-0.05, 0) is 54.0 Å². The summed E-state index contributed by atoms with van der Waals surface area (Å²) in [4.78, 5) is 3.54. The van der Waals surface area contributed by atoms with E-state index in [0.717, 1.165) is 5.75 Å². The van der Waals surface area contributed by atoms with E-state index in [9.17, 15) is 0 Å². The van der Waals surface area contributed by atoms with Crippen LogP contribution < -0.4 is 4.74 Å². The molecule has 1 aliphatic rings. The number of aromatic nitrogens is 1. The summed E-state index contributed by atoms with van der Waals surface area (Å²) in [6, 6.07) is 10.9. The number of hydrogen-bond acceptors (Lipinski definition) is 1. The van der Waals surface area contributed by atoms with Crippen molar-refractivity contribution < 1.29 is 4.74 Å². The van der Waals surface area contributed by atoms with Crippen LogP contribution in [0.3, 0.4) is 0 Å². The molecule has 1 atom stereocenters. The van der Waals surface area contributed by atoms with Gasteiger partial charge in [0.25, 0.3) is 0 Å². The Balaban J connectivity index is 1.97. The number of H-pyrrole nitrogens is 1. The third-order valence-electron chi connectivity index (χ3n) is 5.27. The second-order valence-electron chi connectivity index (χ2n) is 6.62. The summed E-state index contributed by atoms with van der Waals surface area (Å²) in [6.07, 6.45) is 8.44. The molecule has 1 aromatic heterocycles. The predicted octanol–water partition coefficient (Wildman–Crippen LogP) is 5.40. The molecule has 0 saturated carbocycles. The van der Waals surface area contributed by atoms with E-state index in [1.54, 1.807) is 12.7 Å². The lowest BCUT2D eigenvalue weighted by atomic mass is 9.74. The van der Waals surface area contributed by atoms with Gasteiger partial charge in [0, 0.05) is 17.8 Å². The second kappa shape index (κ2) is 6.20. The molecule has 2 heteroatoms. The Hall–Kier alpha value is -1.70. The minimum absolute atomic E-state index is 0.365. The standard InChI is InChI=1S/C20H27NO/c1-4-11-20(12-5-2)14-17(19-18(20)10-13-21-19)15-6-8-16(22-3)9-7-15/h6-10,13,17,21H,4-5,11-12,14H2,1-3H3. The summed E-state index contributed by atoms with van der Waals surface area (Å²) >= 11 is 0. The van der Waals surface area contributed by atoms with Crippen molar-refractivity contribution in [3.63, 3.8) is 0 Å². The maximum Gasteiger partial charge on any atom is 0.118 e. The van der Waals surface area contributed by atoms with Gasteiger partial charge in [-0.1, -0.05) is 38.8 Å². The monoisotopic (exact) mass is 297 g/mol. The van der Waals surface area contributed by atoms with Gasteiger partial charge in [0.15, 0.2) is 0 Å². The highest BCUT2D eigenvalue weighted by Crippen LogP contribution is 2.53. The fourth-order valence-corrected chi connectivity index (χ4v) is 4.41. The fraction of sp³-hybridized carbons (Fsp3) is 0.500. The van der Waals surface area contributed by atoms with Gasteiger partial charge in [0.05, 0.1) is 7.11 Å². The zero-order chi connectivity index (χ0) is 15.6. The summed E-state index contributed by atoms with van der Waals surface area (Å²) in [5.41, 5.74) is 4.77. The van der Waals surface area contributed by atoms with Gasteiger partial charge >= 0.3 is 0 Å². The molecule has 0 amide bonds. The van der Waals surface area contributed by atoms with Crippen LogP contribution >= 0.6 is 0 Å². The molecule has 0 saturated heterocycles. The molecule has 118 valence electrons. The van der Waals surface area contributed by atoms with Crippen molar-refractivity contribution in [2.45, 2.75) is 57.3 Å². The van der Waals surface area contributed by atoms with Crippen molar-refractivity contribution in [1.29, 1.82) is 0 Å². The van der Waals surface area contributed by atoms with Crippen LogP contribution in [0.1, 0.15) is 68.7 Å². The maximum atomic E-state index is 5.30. The summed E-state index contributed by atoms with van der Waals surface area (Å²) < 4.78 is 5.30. The molecule has 0 bridgehead atoms. The first-order valence-corrected chi connectivity index (χ1v) is 8.55. The van der Waals surface area contributed by atoms with Crippen LogP contribution in [0.4, 0.5) is 0 Å². The van der Waals surface area contributed by atoms with Gasteiger partial charge in [-0.3, -0.25) is 0 Å². The number of benzene rings is 1. The van der Waals surface area contributed by atoms with Crippen LogP contribution in [-0.2, 0) is 5.41 Å². The fourth-order valence-electron chi connectivity index (χ4n) is 4.41. The molecule has 1 N–H and O–H groups in total. The van der Waals surface area contributed by atoms with Gasteiger partial charge in [0.2, 0.25) is 0 Å². The van der Waals surface area contributed by atoms with Gasteiger partial charge in [-0.25, -0.2) is 0 Å². The van der Waals surface area contributed by atoms with Crippen LogP contribution in [0.25, 0.3) is 0 Å². The van der Waals surface area contributed by atoms with Crippen LogP contribution in [0.5, 0.6) is 5.75 Å². The summed E-state index contributed by atoms with van der Waals surface area (Å²) in [6.45, 7) is 4.62. The number of nitrogens with one attached hydrogen (secondary N) is 1. The number of aromatic amines is 1. The van der Waals surface area contributed by atoms with Crippen molar-refractivity contribution in [3.8, 4) is 5.75 Å². The van der Waals surface area contributed by atoms with Crippen molar-refractivity contribution in [3.05, 3.63) is 53.3 Å². The van der Waals surface area contributed by atoms with Gasteiger partial charge in [0.1, 0.15) is 5.75 Å². The van der Waals surface area contributed by atoms with Gasteiger partial charge < -0.3 is 9.72 Å². The zero-order valence-corrected chi connectivity index (χ0v) is 14.0. The van der Waals surface area contributed by atoms with E-state index in [2.05, 4.69) is 55.4 Å². The lowest BCUT2D eigenvalue weighted by Crippen LogP contribution is -2.22. The lowest BCUT2D eigenvalue weighted by molar-refractivity contribution is 0.344. The average molecular weight is 297 g/mol. The predicted molar refractivity (Wildman–Crippen MR) is 91.7 cm³/mol. The largest absolute Gasteiger partial charge is 0.497 e. The molecule has 0 radical (unpaired) electrons. The first-order chi connectivity index (χ1) is 10.7. The smallest absolute Gasteiger partial charge is 0.118 e. The molecule has 1 aromatic carbocycles. The Bertz CT molecular complexity index is 605. The summed E-state index contributed by atoms with van der Waals surface area (Å²) in [5.74, 6) is 1.43. The molecule has 2 aromatic rings. The van der Waals surface area contributed by atoms with Crippen molar-refractivity contribution in [2.24, 2.45) is 0 Å². The minimum atomic E-state index is 0.365. The molecule has 22 heavy (non-hydrogen) atoms. The Morgan fingerprint density at radius 2 is 1.77 bits per heavy atom. The SMILES string of the molecule is CCCC1(CCC)CC(c2ccc(OC)cc2)c2[nH]ccc21. The van der Waals surface area contributed by atoms with Crippen molar-refractivity contribution in [2.75, 3.05) is 7.11 Å². The highest BCUT2D eigenvalue weighted by atomic mass is 16.5. The number of rotatable bonds is 6. The molecule has 1 unspecified atom stereocenters. The third-order valence-corrected chi connectivity index (χ3v) is 5.27. The highest BCUT2D eigenvalue weighted by Gasteiger charge is 2.43. The Morgan fingerprint density at radius 1 is 1.09 bits per heavy atom.